The van der Waals surface area contributed by atoms with Gasteiger partial charge in [-0.3, -0.25) is 4.39 Å². The Morgan fingerprint density at radius 1 is 0.974 bits per heavy atom. The van der Waals surface area contributed by atoms with Crippen molar-refractivity contribution in [3.63, 3.8) is 0 Å². The maximum atomic E-state index is 14.6. The molecule has 5 rings (SSSR count). The molecule has 1 heterocycles. The van der Waals surface area contributed by atoms with Crippen LogP contribution in [-0.4, -0.2) is 42.3 Å². The standard InChI is InChI=1S/C32H32F3NO2/c33-14-3-15-36-19-22(20-36)16-21-8-10-23(11-9-21)31-26-13-12-25(32(37)38)17-24(26)4-1-6-28(31)27-5-2-7-30(35)29(27)18-34/h2,5,7-13,17,22H,1,3-4,6,14-16,18-20H2,(H,37,38). The van der Waals surface area contributed by atoms with E-state index < -0.39 is 18.5 Å². The van der Waals surface area contributed by atoms with Crippen molar-refractivity contribution in [3.05, 3.63) is 105 Å². The Labute approximate surface area is 221 Å². The highest BCUT2D eigenvalue weighted by atomic mass is 19.1. The molecule has 1 fully saturated rings. The van der Waals surface area contributed by atoms with E-state index in [0.29, 0.717) is 30.7 Å². The average molecular weight is 520 g/mol. The van der Waals surface area contributed by atoms with E-state index in [-0.39, 0.29) is 17.8 Å². The molecule has 2 aliphatic rings. The van der Waals surface area contributed by atoms with Gasteiger partial charge < -0.3 is 10.0 Å². The Bertz CT molecular complexity index is 1340. The summed E-state index contributed by atoms with van der Waals surface area (Å²) in [4.78, 5) is 13.9. The van der Waals surface area contributed by atoms with Crippen molar-refractivity contribution in [3.8, 4) is 0 Å². The number of halogens is 3. The number of rotatable bonds is 9. The number of aromatic carboxylic acids is 1. The maximum absolute atomic E-state index is 14.6. The molecule has 0 saturated carbocycles. The number of likely N-dealkylation sites (tertiary alicyclic amines) is 1. The second-order valence-corrected chi connectivity index (χ2v) is 10.4. The van der Waals surface area contributed by atoms with Gasteiger partial charge in [0.15, 0.2) is 0 Å². The molecule has 0 bridgehead atoms. The first kappa shape index (κ1) is 26.2. The van der Waals surface area contributed by atoms with Gasteiger partial charge in [-0.2, -0.15) is 0 Å². The summed E-state index contributed by atoms with van der Waals surface area (Å²) in [5, 5.41) is 9.54. The Morgan fingerprint density at radius 2 is 1.76 bits per heavy atom. The largest absolute Gasteiger partial charge is 0.478 e. The molecule has 6 heteroatoms. The van der Waals surface area contributed by atoms with Gasteiger partial charge in [0.25, 0.3) is 0 Å². The summed E-state index contributed by atoms with van der Waals surface area (Å²) in [5.41, 5.74) is 6.66. The van der Waals surface area contributed by atoms with Crippen molar-refractivity contribution in [1.82, 2.24) is 4.90 Å². The molecular formula is C32H32F3NO2. The first-order chi connectivity index (χ1) is 18.5. The summed E-state index contributed by atoms with van der Waals surface area (Å²) in [7, 11) is 0. The Kier molecular flexibility index (Phi) is 7.98. The van der Waals surface area contributed by atoms with E-state index in [4.69, 9.17) is 0 Å². The van der Waals surface area contributed by atoms with Crippen LogP contribution in [0.4, 0.5) is 13.2 Å². The molecule has 1 aliphatic carbocycles. The Balaban J connectivity index is 1.53. The van der Waals surface area contributed by atoms with Gasteiger partial charge in [-0.05, 0) is 95.2 Å². The first-order valence-electron chi connectivity index (χ1n) is 13.3. The fraction of sp³-hybridized carbons (Fsp3) is 0.344. The third kappa shape index (κ3) is 5.41. The summed E-state index contributed by atoms with van der Waals surface area (Å²) >= 11 is 0. The summed E-state index contributed by atoms with van der Waals surface area (Å²) in [6.45, 7) is 1.62. The highest BCUT2D eigenvalue weighted by Gasteiger charge is 2.27. The van der Waals surface area contributed by atoms with E-state index in [1.807, 2.05) is 6.07 Å². The van der Waals surface area contributed by atoms with Crippen LogP contribution in [0.5, 0.6) is 0 Å². The van der Waals surface area contributed by atoms with Crippen molar-refractivity contribution in [2.24, 2.45) is 5.92 Å². The zero-order valence-corrected chi connectivity index (χ0v) is 21.4. The number of hydrogen-bond donors (Lipinski definition) is 1. The van der Waals surface area contributed by atoms with E-state index in [1.54, 1.807) is 24.3 Å². The molecule has 3 nitrogen and oxygen atoms in total. The van der Waals surface area contributed by atoms with E-state index in [0.717, 1.165) is 60.3 Å². The number of nitrogens with zero attached hydrogens (tertiary/aromatic N) is 1. The van der Waals surface area contributed by atoms with E-state index in [2.05, 4.69) is 29.2 Å². The number of carboxylic acid groups (broad SMARTS) is 1. The number of fused-ring (bicyclic) bond motifs is 1. The lowest BCUT2D eigenvalue weighted by atomic mass is 9.85. The van der Waals surface area contributed by atoms with Crippen LogP contribution < -0.4 is 0 Å². The molecule has 198 valence electrons. The van der Waals surface area contributed by atoms with Crippen LogP contribution >= 0.6 is 0 Å². The minimum atomic E-state index is -0.976. The number of allylic oxidation sites excluding steroid dienone is 1. The maximum Gasteiger partial charge on any atom is 0.335 e. The van der Waals surface area contributed by atoms with Crippen LogP contribution in [0, 0.1) is 11.7 Å². The summed E-state index contributed by atoms with van der Waals surface area (Å²) < 4.78 is 41.1. The van der Waals surface area contributed by atoms with Crippen LogP contribution in [0.1, 0.15) is 63.0 Å². The quantitative estimate of drug-likeness (QED) is 0.327. The minimum absolute atomic E-state index is 0.0597. The fourth-order valence-corrected chi connectivity index (χ4v) is 5.91. The Hall–Kier alpha value is -3.38. The smallest absolute Gasteiger partial charge is 0.335 e. The van der Waals surface area contributed by atoms with Crippen molar-refractivity contribution in [2.45, 2.75) is 38.8 Å². The summed E-state index contributed by atoms with van der Waals surface area (Å²) in [6, 6.07) is 18.2. The number of aryl methyl sites for hydroxylation is 1. The molecule has 3 aromatic rings. The van der Waals surface area contributed by atoms with Crippen LogP contribution in [0.2, 0.25) is 0 Å². The second-order valence-electron chi connectivity index (χ2n) is 10.4. The van der Waals surface area contributed by atoms with Crippen molar-refractivity contribution < 1.29 is 23.1 Å². The fourth-order valence-electron chi connectivity index (χ4n) is 5.91. The van der Waals surface area contributed by atoms with Gasteiger partial charge >= 0.3 is 5.97 Å². The molecule has 0 spiro atoms. The van der Waals surface area contributed by atoms with Gasteiger partial charge in [0, 0.05) is 25.2 Å². The van der Waals surface area contributed by atoms with Gasteiger partial charge in [-0.1, -0.05) is 42.5 Å². The number of carboxylic acids is 1. The van der Waals surface area contributed by atoms with E-state index in [9.17, 15) is 23.1 Å². The van der Waals surface area contributed by atoms with E-state index >= 15 is 0 Å². The minimum Gasteiger partial charge on any atom is -0.478 e. The third-order valence-electron chi connectivity index (χ3n) is 7.78. The van der Waals surface area contributed by atoms with Gasteiger partial charge in [0.1, 0.15) is 12.5 Å². The summed E-state index contributed by atoms with van der Waals surface area (Å²) in [6.07, 6.45) is 3.59. The van der Waals surface area contributed by atoms with Crippen LogP contribution in [0.25, 0.3) is 11.1 Å². The van der Waals surface area contributed by atoms with Crippen molar-refractivity contribution in [2.75, 3.05) is 26.3 Å². The zero-order chi connectivity index (χ0) is 26.6. The predicted molar refractivity (Wildman–Crippen MR) is 144 cm³/mol. The molecule has 0 amide bonds. The normalized spacial score (nSPS) is 16.2. The molecule has 0 aromatic heterocycles. The molecule has 1 aliphatic heterocycles. The number of carbonyl (C=O) groups is 1. The number of hydrogen-bond acceptors (Lipinski definition) is 2. The predicted octanol–water partition coefficient (Wildman–Crippen LogP) is 7.12. The van der Waals surface area contributed by atoms with Gasteiger partial charge in [-0.15, -0.1) is 0 Å². The molecule has 1 N–H and O–H groups in total. The van der Waals surface area contributed by atoms with Crippen LogP contribution in [0.3, 0.4) is 0 Å². The first-order valence-corrected chi connectivity index (χ1v) is 13.3. The molecule has 0 unspecified atom stereocenters. The topological polar surface area (TPSA) is 40.5 Å². The lowest BCUT2D eigenvalue weighted by molar-refractivity contribution is 0.0696. The van der Waals surface area contributed by atoms with Gasteiger partial charge in [-0.25, -0.2) is 13.6 Å². The van der Waals surface area contributed by atoms with Crippen molar-refractivity contribution >= 4 is 17.1 Å². The SMILES string of the molecule is O=C(O)c1ccc2c(c1)CCCC(c1cccc(F)c1CF)=C2c1ccc(CC2CN(CCCF)C2)cc1. The molecule has 0 radical (unpaired) electrons. The van der Waals surface area contributed by atoms with Crippen molar-refractivity contribution in [1.29, 1.82) is 0 Å². The van der Waals surface area contributed by atoms with E-state index in [1.165, 1.54) is 11.6 Å². The van der Waals surface area contributed by atoms with Gasteiger partial charge in [0.05, 0.1) is 12.2 Å². The zero-order valence-electron chi connectivity index (χ0n) is 21.4. The van der Waals surface area contributed by atoms with Crippen LogP contribution in [-0.2, 0) is 19.5 Å². The number of benzene rings is 3. The Morgan fingerprint density at radius 3 is 2.47 bits per heavy atom. The molecular weight excluding hydrogens is 487 g/mol. The molecule has 3 aromatic carbocycles. The number of alkyl halides is 2. The van der Waals surface area contributed by atoms with Gasteiger partial charge in [0.2, 0.25) is 0 Å². The lowest BCUT2D eigenvalue weighted by Crippen LogP contribution is -2.47. The monoisotopic (exact) mass is 519 g/mol. The highest BCUT2D eigenvalue weighted by Crippen LogP contribution is 2.41. The molecule has 38 heavy (non-hydrogen) atoms. The summed E-state index contributed by atoms with van der Waals surface area (Å²) in [5.74, 6) is -0.974. The van der Waals surface area contributed by atoms with Crippen LogP contribution in [0.15, 0.2) is 60.7 Å². The molecule has 0 atom stereocenters. The lowest BCUT2D eigenvalue weighted by Gasteiger charge is -2.39. The second kappa shape index (κ2) is 11.6. The third-order valence-corrected chi connectivity index (χ3v) is 7.78. The average Bonchev–Trinajstić information content (AvgIpc) is 3.09. The highest BCUT2D eigenvalue weighted by molar-refractivity contribution is 6.01. The molecule has 1 saturated heterocycles.